The van der Waals surface area contributed by atoms with Gasteiger partial charge in [-0.15, -0.1) is 0 Å². The molecule has 27 heavy (non-hydrogen) atoms. The van der Waals surface area contributed by atoms with E-state index in [-0.39, 0.29) is 23.2 Å². The van der Waals surface area contributed by atoms with E-state index >= 15 is 0 Å². The van der Waals surface area contributed by atoms with Crippen LogP contribution in [0.4, 0.5) is 4.39 Å². The number of nitrogens with one attached hydrogen (secondary N) is 1. The van der Waals surface area contributed by atoms with Crippen molar-refractivity contribution in [3.63, 3.8) is 0 Å². The summed E-state index contributed by atoms with van der Waals surface area (Å²) in [6.07, 6.45) is 1.59. The molecule has 1 atom stereocenters. The number of ether oxygens (including phenoxy) is 1. The molecule has 0 heterocycles. The van der Waals surface area contributed by atoms with Gasteiger partial charge in [0.25, 0.3) is 0 Å². The van der Waals surface area contributed by atoms with Gasteiger partial charge < -0.3 is 15.2 Å². The van der Waals surface area contributed by atoms with E-state index in [0.29, 0.717) is 37.1 Å². The van der Waals surface area contributed by atoms with Crippen LogP contribution in [0.1, 0.15) is 34.8 Å². The summed E-state index contributed by atoms with van der Waals surface area (Å²) in [5.41, 5.74) is 1.59. The number of aromatic carboxylic acids is 1. The first-order chi connectivity index (χ1) is 12.9. The Labute approximate surface area is 158 Å². The van der Waals surface area contributed by atoms with Crippen LogP contribution in [0.15, 0.2) is 42.5 Å². The molecule has 0 aliphatic carbocycles. The van der Waals surface area contributed by atoms with E-state index in [1.807, 2.05) is 6.92 Å². The van der Waals surface area contributed by atoms with Crippen LogP contribution in [-0.2, 0) is 17.6 Å². The number of carbonyl (C=O) groups is 2. The number of aryl methyl sites for hydroxylation is 1. The summed E-state index contributed by atoms with van der Waals surface area (Å²) in [5.74, 6) is -1.11. The Bertz CT molecular complexity index is 807. The lowest BCUT2D eigenvalue weighted by Gasteiger charge is -2.14. The number of rotatable bonds is 9. The highest BCUT2D eigenvalue weighted by Crippen LogP contribution is 2.21. The number of carbonyl (C=O) groups excluding carboxylic acids is 1. The van der Waals surface area contributed by atoms with Crippen molar-refractivity contribution < 1.29 is 23.8 Å². The first kappa shape index (κ1) is 20.4. The van der Waals surface area contributed by atoms with Gasteiger partial charge in [-0.05, 0) is 48.6 Å². The molecule has 0 spiro atoms. The summed E-state index contributed by atoms with van der Waals surface area (Å²) in [6.45, 7) is 2.23. The molecule has 5 nitrogen and oxygen atoms in total. The second-order valence-electron chi connectivity index (χ2n) is 6.40. The maximum absolute atomic E-state index is 13.6. The second kappa shape index (κ2) is 9.71. The van der Waals surface area contributed by atoms with Crippen molar-refractivity contribution in [3.8, 4) is 5.75 Å². The van der Waals surface area contributed by atoms with Gasteiger partial charge >= 0.3 is 5.97 Å². The van der Waals surface area contributed by atoms with Crippen LogP contribution in [-0.4, -0.2) is 30.6 Å². The lowest BCUT2D eigenvalue weighted by molar-refractivity contribution is -0.124. The molecule has 0 aromatic heterocycles. The highest BCUT2D eigenvalue weighted by molar-refractivity contribution is 5.88. The zero-order valence-corrected chi connectivity index (χ0v) is 15.5. The largest absolute Gasteiger partial charge is 0.496 e. The molecule has 0 bridgehead atoms. The molecule has 0 saturated heterocycles. The third-order valence-corrected chi connectivity index (χ3v) is 4.48. The average molecular weight is 373 g/mol. The quantitative estimate of drug-likeness (QED) is 0.706. The summed E-state index contributed by atoms with van der Waals surface area (Å²) in [5, 5.41) is 11.9. The van der Waals surface area contributed by atoms with Gasteiger partial charge in [-0.3, -0.25) is 4.79 Å². The maximum Gasteiger partial charge on any atom is 0.335 e. The van der Waals surface area contributed by atoms with Crippen LogP contribution in [0.3, 0.4) is 0 Å². The van der Waals surface area contributed by atoms with Crippen LogP contribution >= 0.6 is 0 Å². The molecular weight excluding hydrogens is 349 g/mol. The van der Waals surface area contributed by atoms with Crippen LogP contribution in [0, 0.1) is 11.7 Å². The number of hydrogen-bond donors (Lipinski definition) is 2. The van der Waals surface area contributed by atoms with Crippen molar-refractivity contribution in [2.24, 2.45) is 5.92 Å². The molecule has 144 valence electrons. The zero-order valence-electron chi connectivity index (χ0n) is 15.5. The van der Waals surface area contributed by atoms with E-state index in [4.69, 9.17) is 9.84 Å². The van der Waals surface area contributed by atoms with Crippen LogP contribution in [0.2, 0.25) is 0 Å². The van der Waals surface area contributed by atoms with E-state index in [1.165, 1.54) is 25.3 Å². The average Bonchev–Trinajstić information content (AvgIpc) is 2.66. The minimum atomic E-state index is -1.02. The second-order valence-corrected chi connectivity index (χ2v) is 6.40. The first-order valence-corrected chi connectivity index (χ1v) is 8.83. The SMILES string of the molecule is COc1cc(C(=O)O)ccc1CCNC(=O)C(C)CCc1ccccc1F. The van der Waals surface area contributed by atoms with Gasteiger partial charge in [0.1, 0.15) is 11.6 Å². The van der Waals surface area contributed by atoms with Gasteiger partial charge in [0.2, 0.25) is 5.91 Å². The third kappa shape index (κ3) is 5.81. The maximum atomic E-state index is 13.6. The zero-order chi connectivity index (χ0) is 19.8. The van der Waals surface area contributed by atoms with Gasteiger partial charge in [0, 0.05) is 12.5 Å². The molecule has 2 N–H and O–H groups in total. The smallest absolute Gasteiger partial charge is 0.335 e. The molecule has 0 aliphatic rings. The summed E-state index contributed by atoms with van der Waals surface area (Å²) >= 11 is 0. The summed E-state index contributed by atoms with van der Waals surface area (Å²) in [4.78, 5) is 23.2. The molecule has 0 saturated carbocycles. The fourth-order valence-electron chi connectivity index (χ4n) is 2.78. The number of benzene rings is 2. The van der Waals surface area contributed by atoms with E-state index in [0.717, 1.165) is 5.56 Å². The Morgan fingerprint density at radius 3 is 2.56 bits per heavy atom. The summed E-state index contributed by atoms with van der Waals surface area (Å²) in [7, 11) is 1.48. The summed E-state index contributed by atoms with van der Waals surface area (Å²) < 4.78 is 18.9. The van der Waals surface area contributed by atoms with Crippen LogP contribution in [0.5, 0.6) is 5.75 Å². The van der Waals surface area contributed by atoms with E-state index in [1.54, 1.807) is 24.3 Å². The predicted octanol–water partition coefficient (Wildman–Crippen LogP) is 3.46. The Hall–Kier alpha value is -2.89. The van der Waals surface area contributed by atoms with Crippen molar-refractivity contribution in [1.29, 1.82) is 0 Å². The van der Waals surface area contributed by atoms with E-state index in [9.17, 15) is 14.0 Å². The van der Waals surface area contributed by atoms with Crippen molar-refractivity contribution in [3.05, 3.63) is 65.0 Å². The van der Waals surface area contributed by atoms with Crippen molar-refractivity contribution >= 4 is 11.9 Å². The molecule has 0 radical (unpaired) electrons. The van der Waals surface area contributed by atoms with Crippen molar-refractivity contribution in [2.45, 2.75) is 26.2 Å². The van der Waals surface area contributed by atoms with Gasteiger partial charge in [0.15, 0.2) is 0 Å². The third-order valence-electron chi connectivity index (χ3n) is 4.48. The minimum Gasteiger partial charge on any atom is -0.496 e. The van der Waals surface area contributed by atoms with Gasteiger partial charge in [-0.2, -0.15) is 0 Å². The number of halogens is 1. The van der Waals surface area contributed by atoms with E-state index in [2.05, 4.69) is 5.32 Å². The lowest BCUT2D eigenvalue weighted by atomic mass is 10.00. The molecule has 1 unspecified atom stereocenters. The Kier molecular flexibility index (Phi) is 7.34. The molecule has 2 rings (SSSR count). The minimum absolute atomic E-state index is 0.0903. The highest BCUT2D eigenvalue weighted by Gasteiger charge is 2.14. The molecule has 2 aromatic carbocycles. The van der Waals surface area contributed by atoms with Gasteiger partial charge in [-0.25, -0.2) is 9.18 Å². The highest BCUT2D eigenvalue weighted by atomic mass is 19.1. The fourth-order valence-corrected chi connectivity index (χ4v) is 2.78. The molecular formula is C21H24FNO4. The number of amides is 1. The van der Waals surface area contributed by atoms with Crippen molar-refractivity contribution in [2.75, 3.05) is 13.7 Å². The van der Waals surface area contributed by atoms with Crippen LogP contribution < -0.4 is 10.1 Å². The molecule has 0 aliphatic heterocycles. The van der Waals surface area contributed by atoms with Crippen LogP contribution in [0.25, 0.3) is 0 Å². The number of carboxylic acids is 1. The Morgan fingerprint density at radius 1 is 1.15 bits per heavy atom. The Morgan fingerprint density at radius 2 is 1.89 bits per heavy atom. The number of hydrogen-bond acceptors (Lipinski definition) is 3. The van der Waals surface area contributed by atoms with Gasteiger partial charge in [0.05, 0.1) is 12.7 Å². The Balaban J connectivity index is 1.83. The molecule has 0 fully saturated rings. The first-order valence-electron chi connectivity index (χ1n) is 8.83. The topological polar surface area (TPSA) is 75.6 Å². The van der Waals surface area contributed by atoms with Gasteiger partial charge in [-0.1, -0.05) is 31.2 Å². The fraction of sp³-hybridized carbons (Fsp3) is 0.333. The monoisotopic (exact) mass is 373 g/mol. The molecule has 6 heteroatoms. The number of carboxylic acid groups (broad SMARTS) is 1. The summed E-state index contributed by atoms with van der Waals surface area (Å²) in [6, 6.07) is 11.3. The standard InChI is InChI=1S/C21H24FNO4/c1-14(7-8-15-5-3-4-6-18(15)22)20(24)23-12-11-16-9-10-17(21(25)26)13-19(16)27-2/h3-6,9-10,13-14H,7-8,11-12H2,1-2H3,(H,23,24)(H,25,26). The lowest BCUT2D eigenvalue weighted by Crippen LogP contribution is -2.31. The molecule has 2 aromatic rings. The molecule has 1 amide bonds. The van der Waals surface area contributed by atoms with E-state index < -0.39 is 5.97 Å². The normalized spacial score (nSPS) is 11.7. The number of methoxy groups -OCH3 is 1. The predicted molar refractivity (Wildman–Crippen MR) is 101 cm³/mol. The van der Waals surface area contributed by atoms with Crippen molar-refractivity contribution in [1.82, 2.24) is 5.32 Å².